The number of hydrogen-bond acceptors (Lipinski definition) is 8. The highest BCUT2D eigenvalue weighted by atomic mass is 32.2. The summed E-state index contributed by atoms with van der Waals surface area (Å²) in [5.41, 5.74) is 3.33. The number of nitrogens with one attached hydrogen (secondary N) is 1. The molecule has 0 radical (unpaired) electrons. The lowest BCUT2D eigenvalue weighted by Crippen LogP contribution is -2.43. The predicted molar refractivity (Wildman–Crippen MR) is 211 cm³/mol. The van der Waals surface area contributed by atoms with Crippen LogP contribution in [0.5, 0.6) is 5.75 Å². The summed E-state index contributed by atoms with van der Waals surface area (Å²) in [6.45, 7) is 13.0. The Hall–Kier alpha value is -4.31. The highest BCUT2D eigenvalue weighted by Crippen LogP contribution is 2.57. The van der Waals surface area contributed by atoms with Crippen LogP contribution in [0.25, 0.3) is 22.2 Å². The van der Waals surface area contributed by atoms with Crippen LogP contribution in [0.1, 0.15) is 90.0 Å². The van der Waals surface area contributed by atoms with Crippen molar-refractivity contribution >= 4 is 38.4 Å². The van der Waals surface area contributed by atoms with Crippen LogP contribution >= 0.6 is 0 Å². The van der Waals surface area contributed by atoms with Crippen molar-refractivity contribution in [2.45, 2.75) is 108 Å². The van der Waals surface area contributed by atoms with E-state index in [1.54, 1.807) is 6.08 Å². The average Bonchev–Trinajstić information content (AvgIpc) is 4.08. The van der Waals surface area contributed by atoms with Gasteiger partial charge in [0, 0.05) is 54.3 Å². The molecule has 1 amide bonds. The molecule has 0 unspecified atom stereocenters. The summed E-state index contributed by atoms with van der Waals surface area (Å²) in [6.07, 6.45) is 8.54. The van der Waals surface area contributed by atoms with E-state index in [-0.39, 0.29) is 35.7 Å². The number of Topliss-reactive ketones (excluding diaryl/α,β-unsaturated/α-hetero) is 2. The molecule has 1 saturated heterocycles. The molecule has 54 heavy (non-hydrogen) atoms. The Balaban J connectivity index is 1.24. The topological polar surface area (TPSA) is 123 Å². The fourth-order valence-corrected chi connectivity index (χ4v) is 9.93. The van der Waals surface area contributed by atoms with Crippen LogP contribution in [0, 0.1) is 23.2 Å². The summed E-state index contributed by atoms with van der Waals surface area (Å²) < 4.78 is 34.9. The van der Waals surface area contributed by atoms with Crippen molar-refractivity contribution < 1.29 is 27.5 Å². The van der Waals surface area contributed by atoms with Gasteiger partial charge in [0.1, 0.15) is 17.6 Å². The monoisotopic (exact) mass is 751 g/mol. The number of rotatable bonds is 9. The SMILES string of the molecule is C=C[C@@H]1C[C@]1(CC(=O)[C@@H]1C[C@@H]2CN1C(=C)[C@H](C(C)C)CC(=O)CCCCCCc1ccc3nc(-c4ccccc4)cc(c3c1)O2)C(=O)NS(=O)(=O)C1CC1. The van der Waals surface area contributed by atoms with Crippen molar-refractivity contribution in [3.8, 4) is 17.0 Å². The smallest absolute Gasteiger partial charge is 0.240 e. The molecule has 3 aromatic rings. The summed E-state index contributed by atoms with van der Waals surface area (Å²) >= 11 is 0. The number of ether oxygens (including phenoxy) is 1. The van der Waals surface area contributed by atoms with Crippen molar-refractivity contribution in [3.63, 3.8) is 0 Å². The lowest BCUT2D eigenvalue weighted by molar-refractivity contribution is -0.131. The van der Waals surface area contributed by atoms with E-state index < -0.39 is 38.7 Å². The fourth-order valence-electron chi connectivity index (χ4n) is 8.55. The number of amides is 1. The number of benzene rings is 2. The van der Waals surface area contributed by atoms with Crippen molar-refractivity contribution in [3.05, 3.63) is 85.1 Å². The van der Waals surface area contributed by atoms with Gasteiger partial charge in [-0.15, -0.1) is 6.58 Å². The molecule has 3 heterocycles. The number of carbonyl (C=O) groups excluding carboxylic acids is 3. The number of hydrogen-bond donors (Lipinski definition) is 1. The van der Waals surface area contributed by atoms with Gasteiger partial charge >= 0.3 is 0 Å². The Kier molecular flexibility index (Phi) is 10.9. The number of ketones is 2. The summed E-state index contributed by atoms with van der Waals surface area (Å²) in [7, 11) is -3.79. The van der Waals surface area contributed by atoms with Crippen molar-refractivity contribution in [1.82, 2.24) is 14.6 Å². The Morgan fingerprint density at radius 1 is 1.06 bits per heavy atom. The Labute approximate surface area is 319 Å². The second kappa shape index (κ2) is 15.4. The molecule has 0 spiro atoms. The zero-order valence-electron chi connectivity index (χ0n) is 31.6. The number of pyridine rings is 1. The van der Waals surface area contributed by atoms with E-state index in [1.165, 1.54) is 5.56 Å². The van der Waals surface area contributed by atoms with E-state index >= 15 is 0 Å². The zero-order valence-corrected chi connectivity index (χ0v) is 32.4. The molecule has 5 atom stereocenters. The van der Waals surface area contributed by atoms with Gasteiger partial charge in [0.2, 0.25) is 15.9 Å². The number of nitrogens with zero attached hydrogens (tertiary/aromatic N) is 2. The molecule has 1 aromatic heterocycles. The van der Waals surface area contributed by atoms with Crippen LogP contribution in [0.2, 0.25) is 0 Å². The molecule has 10 heteroatoms. The van der Waals surface area contributed by atoms with Gasteiger partial charge in [-0.2, -0.15) is 0 Å². The van der Waals surface area contributed by atoms with Gasteiger partial charge < -0.3 is 9.64 Å². The fraction of sp³-hybridized carbons (Fsp3) is 0.500. The molecule has 9 nitrogen and oxygen atoms in total. The molecule has 2 aliphatic carbocycles. The highest BCUT2D eigenvalue weighted by molar-refractivity contribution is 7.90. The predicted octanol–water partition coefficient (Wildman–Crippen LogP) is 7.74. The van der Waals surface area contributed by atoms with E-state index in [2.05, 4.69) is 49.9 Å². The standard InChI is InChI=1S/C44H53N3O6S/c1-5-32-25-44(32,43(50)46-54(51,52)35-18-19-35)26-41(49)40-23-34-27-47(40)29(4)36(28(2)3)22-33(48)16-12-7-6-9-13-30-17-20-38-37(21-30)42(53-34)24-39(45-38)31-14-10-8-11-15-31/h5,8,10-11,14-15,17,20-21,24,28,32,34-36,40H,1,4,6-7,9,12-13,16,18-19,22-23,25-27H2,2-3H3,(H,46,50)/t32-,34-,36+,40+,44-/m1/s1. The Bertz CT molecular complexity index is 2060. The van der Waals surface area contributed by atoms with Gasteiger partial charge in [0.05, 0.1) is 34.5 Å². The summed E-state index contributed by atoms with van der Waals surface area (Å²) in [5.74, 6) is -0.296. The molecule has 2 aliphatic heterocycles. The first-order valence-electron chi connectivity index (χ1n) is 19.7. The van der Waals surface area contributed by atoms with Gasteiger partial charge in [-0.25, -0.2) is 13.4 Å². The van der Waals surface area contributed by atoms with Gasteiger partial charge in [-0.05, 0) is 68.1 Å². The maximum atomic E-state index is 14.6. The first kappa shape index (κ1) is 38.0. The molecule has 4 bridgehead atoms. The summed E-state index contributed by atoms with van der Waals surface area (Å²) in [6, 6.07) is 17.7. The number of aryl methyl sites for hydroxylation is 1. The minimum Gasteiger partial charge on any atom is -0.488 e. The second-order valence-electron chi connectivity index (χ2n) is 16.4. The van der Waals surface area contributed by atoms with Crippen LogP contribution < -0.4 is 9.46 Å². The number of aromatic nitrogens is 1. The third-order valence-corrected chi connectivity index (χ3v) is 13.9. The highest BCUT2D eigenvalue weighted by Gasteiger charge is 2.61. The zero-order chi connectivity index (χ0) is 38.2. The lowest BCUT2D eigenvalue weighted by Gasteiger charge is -2.34. The van der Waals surface area contributed by atoms with Gasteiger partial charge in [0.25, 0.3) is 0 Å². The molecule has 2 saturated carbocycles. The Morgan fingerprint density at radius 2 is 1.80 bits per heavy atom. The van der Waals surface area contributed by atoms with Crippen LogP contribution in [-0.4, -0.2) is 59.7 Å². The van der Waals surface area contributed by atoms with Crippen LogP contribution in [0.4, 0.5) is 0 Å². The Morgan fingerprint density at radius 3 is 2.48 bits per heavy atom. The number of carbonyl (C=O) groups is 3. The first-order chi connectivity index (χ1) is 25.9. The normalized spacial score (nSPS) is 26.6. The van der Waals surface area contributed by atoms with Gasteiger partial charge in [-0.3, -0.25) is 19.1 Å². The van der Waals surface area contributed by atoms with Crippen molar-refractivity contribution in [2.24, 2.45) is 23.2 Å². The van der Waals surface area contributed by atoms with Gasteiger partial charge in [0.15, 0.2) is 5.78 Å². The minimum atomic E-state index is -3.79. The summed E-state index contributed by atoms with van der Waals surface area (Å²) in [4.78, 5) is 48.7. The maximum absolute atomic E-state index is 14.6. The van der Waals surface area contributed by atoms with Crippen LogP contribution in [0.15, 0.2) is 79.5 Å². The van der Waals surface area contributed by atoms with E-state index in [4.69, 9.17) is 9.72 Å². The molecular weight excluding hydrogens is 699 g/mol. The first-order valence-corrected chi connectivity index (χ1v) is 21.3. The third-order valence-electron chi connectivity index (χ3n) is 12.1. The van der Waals surface area contributed by atoms with Crippen LogP contribution in [0.3, 0.4) is 0 Å². The summed E-state index contributed by atoms with van der Waals surface area (Å²) in [5, 5.41) is 0.358. The molecule has 7 rings (SSSR count). The van der Waals surface area contributed by atoms with Crippen molar-refractivity contribution in [1.29, 1.82) is 0 Å². The van der Waals surface area contributed by atoms with E-state index in [9.17, 15) is 22.8 Å². The quantitative estimate of drug-likeness (QED) is 0.221. The third kappa shape index (κ3) is 8.04. The molecule has 3 fully saturated rings. The van der Waals surface area contributed by atoms with Gasteiger partial charge in [-0.1, -0.05) is 75.7 Å². The van der Waals surface area contributed by atoms with E-state index in [0.717, 1.165) is 60.0 Å². The van der Waals surface area contributed by atoms with E-state index in [1.807, 2.05) is 41.3 Å². The molecule has 286 valence electrons. The largest absolute Gasteiger partial charge is 0.488 e. The van der Waals surface area contributed by atoms with E-state index in [0.29, 0.717) is 50.8 Å². The molecule has 2 aromatic carbocycles. The average molecular weight is 752 g/mol. The number of sulfonamides is 1. The van der Waals surface area contributed by atoms with Crippen molar-refractivity contribution in [2.75, 3.05) is 6.54 Å². The van der Waals surface area contributed by atoms with Crippen LogP contribution in [-0.2, 0) is 30.8 Å². The molecule has 1 N–H and O–H groups in total. The maximum Gasteiger partial charge on any atom is 0.240 e. The molecular formula is C44H53N3O6S. The minimum absolute atomic E-state index is 0.0945. The molecule has 4 aliphatic rings. The number of fused-ring (bicyclic) bond motifs is 3. The number of allylic oxidation sites excluding steroid dienone is 2. The second-order valence-corrected chi connectivity index (χ2v) is 18.3. The lowest BCUT2D eigenvalue weighted by atomic mass is 9.85.